The minimum absolute atomic E-state index is 0.0811. The molecule has 20 heavy (non-hydrogen) atoms. The van der Waals surface area contributed by atoms with E-state index in [0.29, 0.717) is 5.92 Å². The fraction of sp³-hybridized carbons (Fsp3) is 0.294. The van der Waals surface area contributed by atoms with Gasteiger partial charge in [0.1, 0.15) is 0 Å². The van der Waals surface area contributed by atoms with Crippen LogP contribution in [-0.4, -0.2) is 5.11 Å². The summed E-state index contributed by atoms with van der Waals surface area (Å²) < 4.78 is 26.8. The van der Waals surface area contributed by atoms with E-state index in [0.717, 1.165) is 11.6 Å². The second-order valence-corrected chi connectivity index (χ2v) is 5.38. The summed E-state index contributed by atoms with van der Waals surface area (Å²) in [5, 5.41) is 10.2. The average molecular weight is 274 g/mol. The molecule has 0 aromatic heterocycles. The Morgan fingerprint density at radius 3 is 2.60 bits per heavy atom. The third-order valence-corrected chi connectivity index (χ3v) is 3.79. The minimum Gasteiger partial charge on any atom is -0.388 e. The Kier molecular flexibility index (Phi) is 3.53. The van der Waals surface area contributed by atoms with Crippen molar-refractivity contribution in [1.82, 2.24) is 0 Å². The third-order valence-electron chi connectivity index (χ3n) is 3.79. The maximum absolute atomic E-state index is 13.6. The van der Waals surface area contributed by atoms with Crippen molar-refractivity contribution in [2.24, 2.45) is 0 Å². The quantitative estimate of drug-likeness (QED) is 0.889. The molecule has 0 saturated heterocycles. The second kappa shape index (κ2) is 5.33. The van der Waals surface area contributed by atoms with Crippen molar-refractivity contribution in [3.8, 4) is 0 Å². The van der Waals surface area contributed by atoms with Gasteiger partial charge in [0.15, 0.2) is 11.6 Å². The molecule has 1 N–H and O–H groups in total. The van der Waals surface area contributed by atoms with Gasteiger partial charge in [-0.3, -0.25) is 0 Å². The number of rotatable bonds is 4. The molecule has 0 radical (unpaired) electrons. The van der Waals surface area contributed by atoms with Crippen LogP contribution in [0, 0.1) is 11.6 Å². The highest BCUT2D eigenvalue weighted by Gasteiger charge is 2.24. The van der Waals surface area contributed by atoms with Crippen LogP contribution in [0.1, 0.15) is 41.6 Å². The van der Waals surface area contributed by atoms with Gasteiger partial charge in [-0.2, -0.15) is 0 Å². The number of halogens is 2. The molecule has 1 aliphatic carbocycles. The molecular weight excluding hydrogens is 258 g/mol. The molecule has 1 aliphatic rings. The van der Waals surface area contributed by atoms with Crippen molar-refractivity contribution in [3.05, 3.63) is 70.8 Å². The summed E-state index contributed by atoms with van der Waals surface area (Å²) in [7, 11) is 0. The van der Waals surface area contributed by atoms with Crippen LogP contribution in [-0.2, 0) is 6.42 Å². The van der Waals surface area contributed by atoms with E-state index >= 15 is 0 Å². The lowest BCUT2D eigenvalue weighted by Gasteiger charge is -2.13. The first-order chi connectivity index (χ1) is 9.65. The summed E-state index contributed by atoms with van der Waals surface area (Å²) in [6.07, 6.45) is 1.65. The highest BCUT2D eigenvalue weighted by atomic mass is 19.2. The van der Waals surface area contributed by atoms with Gasteiger partial charge in [0.2, 0.25) is 0 Å². The summed E-state index contributed by atoms with van der Waals surface area (Å²) in [6.45, 7) is 0. The molecule has 1 atom stereocenters. The summed E-state index contributed by atoms with van der Waals surface area (Å²) >= 11 is 0. The van der Waals surface area contributed by atoms with E-state index in [2.05, 4.69) is 6.07 Å². The van der Waals surface area contributed by atoms with Gasteiger partial charge in [0.05, 0.1) is 6.10 Å². The molecule has 0 aliphatic heterocycles. The van der Waals surface area contributed by atoms with E-state index in [1.807, 2.05) is 18.2 Å². The zero-order valence-electron chi connectivity index (χ0n) is 11.0. The Bertz CT molecular complexity index is 620. The van der Waals surface area contributed by atoms with Crippen molar-refractivity contribution in [1.29, 1.82) is 0 Å². The zero-order valence-corrected chi connectivity index (χ0v) is 11.0. The third kappa shape index (κ3) is 2.73. The van der Waals surface area contributed by atoms with Crippen molar-refractivity contribution in [2.45, 2.75) is 31.3 Å². The molecule has 3 heteroatoms. The molecule has 0 amide bonds. The molecule has 2 aromatic rings. The van der Waals surface area contributed by atoms with Crippen molar-refractivity contribution in [3.63, 3.8) is 0 Å². The van der Waals surface area contributed by atoms with Crippen LogP contribution in [0.25, 0.3) is 0 Å². The Balaban J connectivity index is 1.80. The van der Waals surface area contributed by atoms with Crippen LogP contribution in [0.3, 0.4) is 0 Å². The molecule has 1 saturated carbocycles. The Morgan fingerprint density at radius 1 is 1.10 bits per heavy atom. The molecule has 3 rings (SSSR count). The molecule has 0 bridgehead atoms. The minimum atomic E-state index is -0.874. The Labute approximate surface area is 116 Å². The Morgan fingerprint density at radius 2 is 1.85 bits per heavy atom. The zero-order chi connectivity index (χ0) is 14.1. The first kappa shape index (κ1) is 13.3. The molecule has 1 nitrogen and oxygen atoms in total. The van der Waals surface area contributed by atoms with Gasteiger partial charge in [0, 0.05) is 6.42 Å². The van der Waals surface area contributed by atoms with Crippen LogP contribution in [0.2, 0.25) is 0 Å². The van der Waals surface area contributed by atoms with Gasteiger partial charge in [-0.25, -0.2) is 8.78 Å². The number of hydrogen-bond donors (Lipinski definition) is 1. The summed E-state index contributed by atoms with van der Waals surface area (Å²) in [5.41, 5.74) is 2.19. The SMILES string of the molecule is OC(Cc1cccc(F)c1F)c1cccc(C2CC2)c1. The molecule has 104 valence electrons. The predicted octanol–water partition coefficient (Wildman–Crippen LogP) is 4.12. The number of benzene rings is 2. The van der Waals surface area contributed by atoms with E-state index in [1.165, 1.54) is 30.5 Å². The van der Waals surface area contributed by atoms with Gasteiger partial charge < -0.3 is 5.11 Å². The maximum Gasteiger partial charge on any atom is 0.162 e. The highest BCUT2D eigenvalue weighted by Crippen LogP contribution is 2.40. The lowest BCUT2D eigenvalue weighted by Crippen LogP contribution is -2.05. The van der Waals surface area contributed by atoms with Crippen LogP contribution in [0.4, 0.5) is 8.78 Å². The fourth-order valence-corrected chi connectivity index (χ4v) is 2.47. The fourth-order valence-electron chi connectivity index (χ4n) is 2.47. The van der Waals surface area contributed by atoms with Gasteiger partial charge in [0.25, 0.3) is 0 Å². The largest absolute Gasteiger partial charge is 0.388 e. The monoisotopic (exact) mass is 274 g/mol. The van der Waals surface area contributed by atoms with Crippen LogP contribution < -0.4 is 0 Å². The predicted molar refractivity (Wildman–Crippen MR) is 73.4 cm³/mol. The van der Waals surface area contributed by atoms with Gasteiger partial charge in [-0.05, 0) is 41.5 Å². The van der Waals surface area contributed by atoms with E-state index < -0.39 is 17.7 Å². The molecule has 1 unspecified atom stereocenters. The number of aliphatic hydroxyl groups excluding tert-OH is 1. The van der Waals surface area contributed by atoms with Crippen molar-refractivity contribution < 1.29 is 13.9 Å². The highest BCUT2D eigenvalue weighted by molar-refractivity contribution is 5.31. The van der Waals surface area contributed by atoms with Crippen LogP contribution >= 0.6 is 0 Å². The lowest BCUT2D eigenvalue weighted by molar-refractivity contribution is 0.176. The normalized spacial score (nSPS) is 16.1. The lowest BCUT2D eigenvalue weighted by atomic mass is 9.98. The smallest absolute Gasteiger partial charge is 0.162 e. The van der Waals surface area contributed by atoms with E-state index in [4.69, 9.17) is 0 Å². The number of hydrogen-bond acceptors (Lipinski definition) is 1. The Hall–Kier alpha value is -1.74. The summed E-state index contributed by atoms with van der Waals surface area (Å²) in [4.78, 5) is 0. The standard InChI is InChI=1S/C17H16F2O/c18-15-6-2-5-14(17(15)19)10-16(20)13-4-1-3-12(9-13)11-7-8-11/h1-6,9,11,16,20H,7-8,10H2. The molecule has 0 spiro atoms. The number of aliphatic hydroxyl groups is 1. The van der Waals surface area contributed by atoms with Crippen LogP contribution in [0.15, 0.2) is 42.5 Å². The first-order valence-corrected chi connectivity index (χ1v) is 6.86. The van der Waals surface area contributed by atoms with Gasteiger partial charge >= 0.3 is 0 Å². The summed E-state index contributed by atoms with van der Waals surface area (Å²) in [6, 6.07) is 11.8. The van der Waals surface area contributed by atoms with Gasteiger partial charge in [-0.15, -0.1) is 0 Å². The maximum atomic E-state index is 13.6. The van der Waals surface area contributed by atoms with E-state index in [9.17, 15) is 13.9 Å². The van der Waals surface area contributed by atoms with Crippen LogP contribution in [0.5, 0.6) is 0 Å². The summed E-state index contributed by atoms with van der Waals surface area (Å²) in [5.74, 6) is -1.14. The molecular formula is C17H16F2O. The average Bonchev–Trinajstić information content (AvgIpc) is 3.28. The molecule has 1 fully saturated rings. The second-order valence-electron chi connectivity index (χ2n) is 5.38. The van der Waals surface area contributed by atoms with E-state index in [1.54, 1.807) is 0 Å². The molecule has 2 aromatic carbocycles. The van der Waals surface area contributed by atoms with Gasteiger partial charge in [-0.1, -0.05) is 36.4 Å². The first-order valence-electron chi connectivity index (χ1n) is 6.86. The molecule has 0 heterocycles. The van der Waals surface area contributed by atoms with Crippen molar-refractivity contribution in [2.75, 3.05) is 0 Å². The van der Waals surface area contributed by atoms with Crippen molar-refractivity contribution >= 4 is 0 Å². The van der Waals surface area contributed by atoms with E-state index in [-0.39, 0.29) is 12.0 Å². The topological polar surface area (TPSA) is 20.2 Å².